The largest absolute Gasteiger partial charge is 0.493 e. The maximum Gasteiger partial charge on any atom is 0.240 e. The smallest absolute Gasteiger partial charge is 0.240 e. The molecule has 1 aromatic heterocycles. The monoisotopic (exact) mass is 420 g/mol. The molecule has 1 fully saturated rings. The van der Waals surface area contributed by atoms with Crippen molar-refractivity contribution in [3.8, 4) is 5.75 Å². The van der Waals surface area contributed by atoms with Crippen LogP contribution in [0.15, 0.2) is 28.8 Å². The van der Waals surface area contributed by atoms with Crippen LogP contribution in [-0.2, 0) is 16.9 Å². The maximum atomic E-state index is 12.6. The van der Waals surface area contributed by atoms with Crippen molar-refractivity contribution < 1.29 is 14.1 Å². The SMILES string of the molecule is CCN(CC)Cc1nc(C2(NC(=O)CCOc3cccc(Cl)c3)CCCC2)no1. The number of ether oxygens (including phenoxy) is 1. The molecule has 1 aliphatic carbocycles. The fourth-order valence-electron chi connectivity index (χ4n) is 3.68. The predicted molar refractivity (Wildman–Crippen MR) is 111 cm³/mol. The number of nitrogens with zero attached hydrogens (tertiary/aromatic N) is 3. The summed E-state index contributed by atoms with van der Waals surface area (Å²) < 4.78 is 11.1. The van der Waals surface area contributed by atoms with Crippen molar-refractivity contribution >= 4 is 17.5 Å². The van der Waals surface area contributed by atoms with Crippen LogP contribution in [0, 0.1) is 0 Å². The molecule has 158 valence electrons. The van der Waals surface area contributed by atoms with Crippen molar-refractivity contribution in [1.82, 2.24) is 20.4 Å². The van der Waals surface area contributed by atoms with E-state index in [1.54, 1.807) is 12.1 Å². The standard InChI is InChI=1S/C21H29ClN4O3/c1-3-26(4-2)15-19-23-20(25-29-19)21(11-5-6-12-21)24-18(27)10-13-28-17-9-7-8-16(22)14-17/h7-9,14H,3-6,10-13,15H2,1-2H3,(H,24,27). The molecule has 2 aromatic rings. The Kier molecular flexibility index (Phi) is 7.50. The van der Waals surface area contributed by atoms with Crippen LogP contribution in [0.2, 0.25) is 5.02 Å². The second-order valence-corrected chi connectivity index (χ2v) is 7.80. The van der Waals surface area contributed by atoms with Crippen molar-refractivity contribution in [2.45, 2.75) is 58.0 Å². The van der Waals surface area contributed by atoms with Gasteiger partial charge >= 0.3 is 0 Å². The van der Waals surface area contributed by atoms with Gasteiger partial charge in [-0.25, -0.2) is 0 Å². The van der Waals surface area contributed by atoms with Gasteiger partial charge in [0.15, 0.2) is 5.82 Å². The van der Waals surface area contributed by atoms with E-state index in [2.05, 4.69) is 34.2 Å². The molecule has 1 aromatic carbocycles. The van der Waals surface area contributed by atoms with E-state index in [0.717, 1.165) is 38.8 Å². The number of hydrogen-bond donors (Lipinski definition) is 1. The fraction of sp³-hybridized carbons (Fsp3) is 0.571. The molecule has 0 bridgehead atoms. The van der Waals surface area contributed by atoms with E-state index in [0.29, 0.717) is 29.0 Å². The third-order valence-corrected chi connectivity index (χ3v) is 5.61. The Morgan fingerprint density at radius 2 is 2.07 bits per heavy atom. The first kappa shape index (κ1) is 21.6. The highest BCUT2D eigenvalue weighted by Crippen LogP contribution is 2.37. The van der Waals surface area contributed by atoms with Crippen LogP contribution in [0.3, 0.4) is 0 Å². The van der Waals surface area contributed by atoms with Gasteiger partial charge in [0.2, 0.25) is 11.8 Å². The normalized spacial score (nSPS) is 15.6. The van der Waals surface area contributed by atoms with E-state index in [9.17, 15) is 4.79 Å². The summed E-state index contributed by atoms with van der Waals surface area (Å²) in [6.07, 6.45) is 3.94. The molecule has 0 atom stereocenters. The van der Waals surface area contributed by atoms with Gasteiger partial charge in [-0.2, -0.15) is 4.98 Å². The minimum Gasteiger partial charge on any atom is -0.493 e. The van der Waals surface area contributed by atoms with E-state index < -0.39 is 5.54 Å². The van der Waals surface area contributed by atoms with Crippen LogP contribution in [0.1, 0.15) is 57.7 Å². The van der Waals surface area contributed by atoms with Gasteiger partial charge in [0, 0.05) is 5.02 Å². The van der Waals surface area contributed by atoms with E-state index in [1.807, 2.05) is 12.1 Å². The first-order valence-electron chi connectivity index (χ1n) is 10.3. The maximum absolute atomic E-state index is 12.6. The lowest BCUT2D eigenvalue weighted by Gasteiger charge is -2.26. The summed E-state index contributed by atoms with van der Waals surface area (Å²) in [7, 11) is 0. The van der Waals surface area contributed by atoms with Gasteiger partial charge in [-0.05, 0) is 44.1 Å². The van der Waals surface area contributed by atoms with Crippen molar-refractivity contribution in [3.63, 3.8) is 0 Å². The molecule has 3 rings (SSSR count). The zero-order chi connectivity index (χ0) is 20.7. The number of carbonyl (C=O) groups is 1. The average Bonchev–Trinajstić information content (AvgIpc) is 3.36. The predicted octanol–water partition coefficient (Wildman–Crippen LogP) is 3.92. The summed E-state index contributed by atoms with van der Waals surface area (Å²) in [5.41, 5.74) is -0.544. The van der Waals surface area contributed by atoms with E-state index in [-0.39, 0.29) is 18.9 Å². The second kappa shape index (κ2) is 10.1. The van der Waals surface area contributed by atoms with Crippen molar-refractivity contribution in [3.05, 3.63) is 41.0 Å². The molecule has 1 amide bonds. The number of hydrogen-bond acceptors (Lipinski definition) is 6. The molecule has 0 spiro atoms. The topological polar surface area (TPSA) is 80.5 Å². The Morgan fingerprint density at radius 3 is 2.76 bits per heavy atom. The Bertz CT molecular complexity index is 801. The third-order valence-electron chi connectivity index (χ3n) is 5.38. The van der Waals surface area contributed by atoms with Crippen LogP contribution < -0.4 is 10.1 Å². The minimum atomic E-state index is -0.544. The first-order valence-corrected chi connectivity index (χ1v) is 10.7. The van der Waals surface area contributed by atoms with E-state index in [1.165, 1.54) is 0 Å². The lowest BCUT2D eigenvalue weighted by Crippen LogP contribution is -2.45. The highest BCUT2D eigenvalue weighted by atomic mass is 35.5. The number of benzene rings is 1. The summed E-state index contributed by atoms with van der Waals surface area (Å²) in [4.78, 5) is 19.4. The number of aromatic nitrogens is 2. The Hall–Kier alpha value is -2.12. The quantitative estimate of drug-likeness (QED) is 0.627. The zero-order valence-electron chi connectivity index (χ0n) is 17.1. The minimum absolute atomic E-state index is 0.0796. The number of halogens is 1. The molecule has 0 radical (unpaired) electrons. The average molecular weight is 421 g/mol. The Balaban J connectivity index is 1.59. The van der Waals surface area contributed by atoms with Gasteiger partial charge in [-0.1, -0.05) is 49.5 Å². The molecular formula is C21H29ClN4O3. The molecule has 1 saturated carbocycles. The highest BCUT2D eigenvalue weighted by Gasteiger charge is 2.41. The summed E-state index contributed by atoms with van der Waals surface area (Å²) in [6, 6.07) is 7.15. The number of carbonyl (C=O) groups excluding carboxylic acids is 1. The van der Waals surface area contributed by atoms with Gasteiger partial charge in [0.05, 0.1) is 19.6 Å². The van der Waals surface area contributed by atoms with Crippen LogP contribution in [0.25, 0.3) is 0 Å². The van der Waals surface area contributed by atoms with Gasteiger partial charge in [0.1, 0.15) is 11.3 Å². The van der Waals surface area contributed by atoms with Crippen LogP contribution in [0.4, 0.5) is 0 Å². The molecule has 1 heterocycles. The molecule has 29 heavy (non-hydrogen) atoms. The molecule has 0 unspecified atom stereocenters. The fourth-order valence-corrected chi connectivity index (χ4v) is 3.86. The third kappa shape index (κ3) is 5.70. The molecular weight excluding hydrogens is 392 g/mol. The summed E-state index contributed by atoms with van der Waals surface area (Å²) >= 11 is 5.95. The Morgan fingerprint density at radius 1 is 1.31 bits per heavy atom. The lowest BCUT2D eigenvalue weighted by atomic mass is 9.96. The van der Waals surface area contributed by atoms with Crippen LogP contribution >= 0.6 is 11.6 Å². The summed E-state index contributed by atoms with van der Waals surface area (Å²) in [6.45, 7) is 6.94. The first-order chi connectivity index (χ1) is 14.0. The number of nitrogens with one attached hydrogen (secondary N) is 1. The number of rotatable bonds is 10. The molecule has 7 nitrogen and oxygen atoms in total. The number of amides is 1. The van der Waals surface area contributed by atoms with Crippen LogP contribution in [0.5, 0.6) is 5.75 Å². The summed E-state index contributed by atoms with van der Waals surface area (Å²) in [5.74, 6) is 1.75. The molecule has 1 N–H and O–H groups in total. The molecule has 1 aliphatic rings. The lowest BCUT2D eigenvalue weighted by molar-refractivity contribution is -0.123. The second-order valence-electron chi connectivity index (χ2n) is 7.37. The Labute approximate surface area is 176 Å². The highest BCUT2D eigenvalue weighted by molar-refractivity contribution is 6.30. The zero-order valence-corrected chi connectivity index (χ0v) is 17.9. The van der Waals surface area contributed by atoms with Crippen molar-refractivity contribution in [2.24, 2.45) is 0 Å². The molecule has 0 aliphatic heterocycles. The van der Waals surface area contributed by atoms with Crippen LogP contribution in [-0.4, -0.2) is 40.6 Å². The van der Waals surface area contributed by atoms with Crippen molar-refractivity contribution in [1.29, 1.82) is 0 Å². The van der Waals surface area contributed by atoms with Gasteiger partial charge in [-0.15, -0.1) is 0 Å². The van der Waals surface area contributed by atoms with Gasteiger partial charge in [-0.3, -0.25) is 9.69 Å². The van der Waals surface area contributed by atoms with E-state index in [4.69, 9.17) is 20.9 Å². The van der Waals surface area contributed by atoms with Gasteiger partial charge in [0.25, 0.3) is 0 Å². The molecule has 8 heteroatoms. The molecule has 0 saturated heterocycles. The summed E-state index contributed by atoms with van der Waals surface area (Å²) in [5, 5.41) is 7.97. The van der Waals surface area contributed by atoms with Gasteiger partial charge < -0.3 is 14.6 Å². The van der Waals surface area contributed by atoms with Crippen molar-refractivity contribution in [2.75, 3.05) is 19.7 Å². The van der Waals surface area contributed by atoms with E-state index >= 15 is 0 Å².